The number of ether oxygens (including phenoxy) is 3. The molecule has 0 aliphatic carbocycles. The zero-order chi connectivity index (χ0) is 43.0. The van der Waals surface area contributed by atoms with Crippen molar-refractivity contribution >= 4 is 17.9 Å². The summed E-state index contributed by atoms with van der Waals surface area (Å²) < 4.78 is 16.7. The Balaban J connectivity index is 4.40. The first-order valence-electron chi connectivity index (χ1n) is 25.5. The van der Waals surface area contributed by atoms with Gasteiger partial charge in [0.05, 0.1) is 0 Å². The highest BCUT2D eigenvalue weighted by atomic mass is 16.6. The molecule has 0 unspecified atom stereocenters. The second-order valence-electron chi connectivity index (χ2n) is 17.1. The van der Waals surface area contributed by atoms with E-state index in [0.29, 0.717) is 19.3 Å². The fourth-order valence-electron chi connectivity index (χ4n) is 7.27. The molecule has 0 rings (SSSR count). The summed E-state index contributed by atoms with van der Waals surface area (Å²) in [7, 11) is 0. The van der Waals surface area contributed by atoms with Gasteiger partial charge in [0.2, 0.25) is 0 Å². The quantitative estimate of drug-likeness (QED) is 0.0263. The van der Waals surface area contributed by atoms with Crippen molar-refractivity contribution in [1.29, 1.82) is 0 Å². The number of esters is 3. The molecule has 0 aliphatic rings. The summed E-state index contributed by atoms with van der Waals surface area (Å²) in [6, 6.07) is 0. The van der Waals surface area contributed by atoms with Crippen LogP contribution in [0.2, 0.25) is 0 Å². The lowest BCUT2D eigenvalue weighted by atomic mass is 10.0. The number of carbonyl (C=O) groups is 3. The molecule has 6 nitrogen and oxygen atoms in total. The van der Waals surface area contributed by atoms with Crippen LogP contribution in [0.15, 0.2) is 36.5 Å². The van der Waals surface area contributed by atoms with E-state index in [0.717, 1.165) is 70.6 Å². The lowest BCUT2D eigenvalue weighted by Crippen LogP contribution is -2.30. The standard InChI is InChI=1S/C53H96O6/c1-4-7-10-13-16-19-22-24-26-28-31-34-37-40-43-46-52(55)58-49-50(48-57-51(54)45-42-39-36-33-30-21-18-15-12-9-6-3)59-53(56)47-44-41-38-35-32-29-27-25-23-20-17-14-11-8-5-2/h16,19,24,26,31,34,50H,4-15,17-18,20-23,25,27-30,32-33,35-49H2,1-3H3/b19-16-,26-24-,34-31-/t50-/m0/s1. The van der Waals surface area contributed by atoms with Gasteiger partial charge in [-0.3, -0.25) is 14.4 Å². The van der Waals surface area contributed by atoms with Crippen LogP contribution >= 0.6 is 0 Å². The molecule has 0 aromatic carbocycles. The first kappa shape index (κ1) is 56.6. The summed E-state index contributed by atoms with van der Waals surface area (Å²) in [5.41, 5.74) is 0. The minimum absolute atomic E-state index is 0.0801. The van der Waals surface area contributed by atoms with Crippen LogP contribution in [-0.2, 0) is 28.6 Å². The summed E-state index contributed by atoms with van der Waals surface area (Å²) in [6.45, 7) is 6.59. The fourth-order valence-corrected chi connectivity index (χ4v) is 7.27. The van der Waals surface area contributed by atoms with Gasteiger partial charge in [-0.05, 0) is 57.8 Å². The first-order chi connectivity index (χ1) is 29.0. The predicted molar refractivity (Wildman–Crippen MR) is 252 cm³/mol. The molecule has 1 atom stereocenters. The molecule has 0 spiro atoms. The Morgan fingerprint density at radius 3 is 0.983 bits per heavy atom. The zero-order valence-electron chi connectivity index (χ0n) is 39.3. The average Bonchev–Trinajstić information content (AvgIpc) is 3.23. The Kier molecular flexibility index (Phi) is 46.4. The van der Waals surface area contributed by atoms with E-state index in [4.69, 9.17) is 14.2 Å². The van der Waals surface area contributed by atoms with Crippen LogP contribution < -0.4 is 0 Å². The van der Waals surface area contributed by atoms with Gasteiger partial charge in [0.1, 0.15) is 13.2 Å². The van der Waals surface area contributed by atoms with Gasteiger partial charge in [0.15, 0.2) is 6.10 Å². The number of allylic oxidation sites excluding steroid dienone is 6. The van der Waals surface area contributed by atoms with Crippen LogP contribution in [0.3, 0.4) is 0 Å². The first-order valence-corrected chi connectivity index (χ1v) is 25.5. The lowest BCUT2D eigenvalue weighted by Gasteiger charge is -2.18. The van der Waals surface area contributed by atoms with Crippen LogP contribution in [-0.4, -0.2) is 37.2 Å². The maximum absolute atomic E-state index is 12.8. The molecule has 0 heterocycles. The highest BCUT2D eigenvalue weighted by molar-refractivity contribution is 5.71. The van der Waals surface area contributed by atoms with Gasteiger partial charge in [0.25, 0.3) is 0 Å². The molecule has 0 aromatic heterocycles. The smallest absolute Gasteiger partial charge is 0.306 e. The molecule has 344 valence electrons. The van der Waals surface area contributed by atoms with Crippen molar-refractivity contribution in [3.05, 3.63) is 36.5 Å². The Bertz CT molecular complexity index is 1000. The van der Waals surface area contributed by atoms with E-state index in [9.17, 15) is 14.4 Å². The van der Waals surface area contributed by atoms with Gasteiger partial charge in [-0.25, -0.2) is 0 Å². The average molecular weight is 829 g/mol. The van der Waals surface area contributed by atoms with Crippen molar-refractivity contribution in [2.75, 3.05) is 13.2 Å². The topological polar surface area (TPSA) is 78.9 Å². The highest BCUT2D eigenvalue weighted by Crippen LogP contribution is 2.16. The summed E-state index contributed by atoms with van der Waals surface area (Å²) in [6.07, 6.45) is 55.5. The van der Waals surface area contributed by atoms with Gasteiger partial charge in [-0.1, -0.05) is 224 Å². The molecule has 0 aromatic rings. The van der Waals surface area contributed by atoms with Crippen molar-refractivity contribution in [1.82, 2.24) is 0 Å². The van der Waals surface area contributed by atoms with E-state index in [1.807, 2.05) is 0 Å². The predicted octanol–water partition coefficient (Wildman–Crippen LogP) is 16.5. The summed E-state index contributed by atoms with van der Waals surface area (Å²) in [5.74, 6) is -0.910. The monoisotopic (exact) mass is 829 g/mol. The highest BCUT2D eigenvalue weighted by Gasteiger charge is 2.19. The third-order valence-corrected chi connectivity index (χ3v) is 11.1. The third-order valence-electron chi connectivity index (χ3n) is 11.1. The molecule has 0 amide bonds. The number of hydrogen-bond acceptors (Lipinski definition) is 6. The van der Waals surface area contributed by atoms with Crippen LogP contribution in [0.4, 0.5) is 0 Å². The minimum atomic E-state index is -0.781. The van der Waals surface area contributed by atoms with Crippen LogP contribution in [0.1, 0.15) is 265 Å². The largest absolute Gasteiger partial charge is 0.462 e. The van der Waals surface area contributed by atoms with Crippen molar-refractivity contribution in [3.63, 3.8) is 0 Å². The van der Waals surface area contributed by atoms with Gasteiger partial charge >= 0.3 is 17.9 Å². The third kappa shape index (κ3) is 46.5. The molecule has 0 saturated carbocycles. The molecule has 59 heavy (non-hydrogen) atoms. The van der Waals surface area contributed by atoms with Crippen LogP contribution in [0, 0.1) is 0 Å². The van der Waals surface area contributed by atoms with Gasteiger partial charge in [-0.15, -0.1) is 0 Å². The molecule has 0 saturated heterocycles. The molecule has 0 bridgehead atoms. The van der Waals surface area contributed by atoms with E-state index in [2.05, 4.69) is 57.2 Å². The second kappa shape index (κ2) is 48.3. The van der Waals surface area contributed by atoms with E-state index in [1.165, 1.54) is 154 Å². The van der Waals surface area contributed by atoms with E-state index < -0.39 is 6.10 Å². The van der Waals surface area contributed by atoms with Gasteiger partial charge < -0.3 is 14.2 Å². The van der Waals surface area contributed by atoms with Crippen molar-refractivity contribution < 1.29 is 28.6 Å². The molecule has 0 aliphatic heterocycles. The van der Waals surface area contributed by atoms with Crippen LogP contribution in [0.25, 0.3) is 0 Å². The van der Waals surface area contributed by atoms with Gasteiger partial charge in [-0.2, -0.15) is 0 Å². The number of rotatable bonds is 46. The number of hydrogen-bond donors (Lipinski definition) is 0. The van der Waals surface area contributed by atoms with Gasteiger partial charge in [0, 0.05) is 19.3 Å². The maximum atomic E-state index is 12.8. The zero-order valence-corrected chi connectivity index (χ0v) is 39.3. The normalized spacial score (nSPS) is 12.3. The van der Waals surface area contributed by atoms with Crippen molar-refractivity contribution in [2.45, 2.75) is 271 Å². The Labute approximate surface area is 365 Å². The summed E-state index contributed by atoms with van der Waals surface area (Å²) in [4.78, 5) is 37.9. The molecular formula is C53H96O6. The summed E-state index contributed by atoms with van der Waals surface area (Å²) >= 11 is 0. The van der Waals surface area contributed by atoms with Crippen LogP contribution in [0.5, 0.6) is 0 Å². The SMILES string of the molecule is CCCCC/C=C\C/C=C\C/C=C\CCCCC(=O)OC[C@H](COC(=O)CCCCCCCCCCCCC)OC(=O)CCCCCCCCCCCCCCCCC. The summed E-state index contributed by atoms with van der Waals surface area (Å²) in [5, 5.41) is 0. The molecular weight excluding hydrogens is 733 g/mol. The molecule has 0 N–H and O–H groups in total. The Morgan fingerprint density at radius 2 is 0.610 bits per heavy atom. The molecule has 0 fully saturated rings. The Hall–Kier alpha value is -2.37. The maximum Gasteiger partial charge on any atom is 0.306 e. The Morgan fingerprint density at radius 1 is 0.339 bits per heavy atom. The number of carbonyl (C=O) groups excluding carboxylic acids is 3. The fraction of sp³-hybridized carbons (Fsp3) is 0.830. The molecule has 6 heteroatoms. The van der Waals surface area contributed by atoms with E-state index >= 15 is 0 Å². The van der Waals surface area contributed by atoms with E-state index in [-0.39, 0.29) is 31.1 Å². The van der Waals surface area contributed by atoms with E-state index in [1.54, 1.807) is 0 Å². The van der Waals surface area contributed by atoms with Crippen molar-refractivity contribution in [3.8, 4) is 0 Å². The number of unbranched alkanes of at least 4 members (excludes halogenated alkanes) is 29. The minimum Gasteiger partial charge on any atom is -0.462 e. The second-order valence-corrected chi connectivity index (χ2v) is 17.1. The molecule has 0 radical (unpaired) electrons. The van der Waals surface area contributed by atoms with Crippen molar-refractivity contribution in [2.24, 2.45) is 0 Å². The lowest BCUT2D eigenvalue weighted by molar-refractivity contribution is -0.167.